The first kappa shape index (κ1) is 21.8. The summed E-state index contributed by atoms with van der Waals surface area (Å²) in [7, 11) is 0. The summed E-state index contributed by atoms with van der Waals surface area (Å²) in [5.74, 6) is 0.222. The molecular formula is C18H38O4. The number of rotatable bonds is 17. The molecule has 0 aliphatic carbocycles. The maximum Gasteiger partial charge on any atom is 0.0569 e. The van der Waals surface area contributed by atoms with Crippen LogP contribution in [0.4, 0.5) is 0 Å². The van der Waals surface area contributed by atoms with Crippen LogP contribution in [-0.2, 0) is 0 Å². The molecule has 0 heterocycles. The van der Waals surface area contributed by atoms with E-state index in [1.165, 1.54) is 0 Å². The summed E-state index contributed by atoms with van der Waals surface area (Å²) >= 11 is 0. The van der Waals surface area contributed by atoms with Crippen LogP contribution in [0.1, 0.15) is 83.5 Å². The van der Waals surface area contributed by atoms with Gasteiger partial charge in [-0.05, 0) is 38.0 Å². The lowest BCUT2D eigenvalue weighted by Gasteiger charge is -2.22. The summed E-state index contributed by atoms with van der Waals surface area (Å²) in [5.41, 5.74) is 0. The van der Waals surface area contributed by atoms with Gasteiger partial charge in [0.25, 0.3) is 0 Å². The zero-order valence-electron chi connectivity index (χ0n) is 14.3. The van der Waals surface area contributed by atoms with Crippen molar-refractivity contribution < 1.29 is 20.4 Å². The van der Waals surface area contributed by atoms with Crippen molar-refractivity contribution in [2.75, 3.05) is 19.8 Å². The van der Waals surface area contributed by atoms with Gasteiger partial charge in [0, 0.05) is 19.8 Å². The highest BCUT2D eigenvalue weighted by Crippen LogP contribution is 2.22. The third-order valence-electron chi connectivity index (χ3n) is 4.44. The van der Waals surface area contributed by atoms with Gasteiger partial charge in [-0.25, -0.2) is 0 Å². The molecule has 2 atom stereocenters. The molecule has 0 amide bonds. The number of hydrogen-bond acceptors (Lipinski definition) is 4. The van der Waals surface area contributed by atoms with E-state index in [0.29, 0.717) is 6.42 Å². The van der Waals surface area contributed by atoms with Crippen LogP contribution in [0.2, 0.25) is 0 Å². The summed E-state index contributed by atoms with van der Waals surface area (Å²) < 4.78 is 0. The summed E-state index contributed by atoms with van der Waals surface area (Å²) in [6.07, 6.45) is 12.8. The van der Waals surface area contributed by atoms with Crippen LogP contribution in [-0.4, -0.2) is 46.4 Å². The van der Waals surface area contributed by atoms with Crippen LogP contribution < -0.4 is 0 Å². The van der Waals surface area contributed by atoms with Crippen molar-refractivity contribution >= 4 is 0 Å². The van der Waals surface area contributed by atoms with E-state index in [9.17, 15) is 5.11 Å². The summed E-state index contributed by atoms with van der Waals surface area (Å²) in [6.45, 7) is 0.715. The molecule has 0 bridgehead atoms. The van der Waals surface area contributed by atoms with E-state index in [1.54, 1.807) is 0 Å². The van der Waals surface area contributed by atoms with E-state index in [2.05, 4.69) is 0 Å². The highest BCUT2D eigenvalue weighted by Gasteiger charge is 2.17. The van der Waals surface area contributed by atoms with Crippen molar-refractivity contribution in [3.63, 3.8) is 0 Å². The Bertz CT molecular complexity index is 211. The standard InChI is InChI=1S/C18H38O4/c19-14-9-5-1-3-7-11-17(13-16-21)18(22)12-8-4-2-6-10-15-20/h17-22H,1-16H2. The second-order valence-electron chi connectivity index (χ2n) is 6.40. The Hall–Kier alpha value is -0.160. The zero-order valence-corrected chi connectivity index (χ0v) is 14.3. The van der Waals surface area contributed by atoms with E-state index in [0.717, 1.165) is 77.0 Å². The van der Waals surface area contributed by atoms with Crippen LogP contribution in [0, 0.1) is 5.92 Å². The first-order chi connectivity index (χ1) is 10.8. The van der Waals surface area contributed by atoms with E-state index < -0.39 is 0 Å². The van der Waals surface area contributed by atoms with Gasteiger partial charge in [-0.2, -0.15) is 0 Å². The highest BCUT2D eigenvalue weighted by atomic mass is 16.3. The van der Waals surface area contributed by atoms with Crippen LogP contribution >= 0.6 is 0 Å². The monoisotopic (exact) mass is 318 g/mol. The molecule has 2 unspecified atom stereocenters. The minimum absolute atomic E-state index is 0.155. The molecule has 4 nitrogen and oxygen atoms in total. The quantitative estimate of drug-likeness (QED) is 0.311. The third kappa shape index (κ3) is 13.5. The maximum absolute atomic E-state index is 10.3. The van der Waals surface area contributed by atoms with Crippen LogP contribution in [0.5, 0.6) is 0 Å². The molecule has 4 heteroatoms. The molecule has 0 saturated heterocycles. The van der Waals surface area contributed by atoms with Crippen molar-refractivity contribution in [2.45, 2.75) is 89.6 Å². The Morgan fingerprint density at radius 1 is 0.455 bits per heavy atom. The van der Waals surface area contributed by atoms with Crippen molar-refractivity contribution in [1.29, 1.82) is 0 Å². The fourth-order valence-electron chi connectivity index (χ4n) is 2.97. The first-order valence-corrected chi connectivity index (χ1v) is 9.26. The number of aliphatic hydroxyl groups is 4. The van der Waals surface area contributed by atoms with Gasteiger partial charge in [0.15, 0.2) is 0 Å². The SMILES string of the molecule is OCCCCCCCC(O)C(CCO)CCCCCCCO. The van der Waals surface area contributed by atoms with Crippen molar-refractivity contribution in [2.24, 2.45) is 5.92 Å². The van der Waals surface area contributed by atoms with Crippen LogP contribution in [0.3, 0.4) is 0 Å². The molecule has 0 aromatic heterocycles. The molecule has 4 N–H and O–H groups in total. The fourth-order valence-corrected chi connectivity index (χ4v) is 2.97. The lowest BCUT2D eigenvalue weighted by Crippen LogP contribution is -2.21. The molecule has 0 rings (SSSR count). The molecule has 0 fully saturated rings. The predicted octanol–water partition coefficient (Wildman–Crippen LogP) is 3.01. The predicted molar refractivity (Wildman–Crippen MR) is 90.8 cm³/mol. The number of hydrogen-bond donors (Lipinski definition) is 4. The Labute approximate surface area is 136 Å². The zero-order chi connectivity index (χ0) is 16.5. The van der Waals surface area contributed by atoms with Crippen LogP contribution in [0.15, 0.2) is 0 Å². The van der Waals surface area contributed by atoms with Gasteiger partial charge in [-0.1, -0.05) is 51.4 Å². The Morgan fingerprint density at radius 2 is 0.909 bits per heavy atom. The average Bonchev–Trinajstić information content (AvgIpc) is 2.52. The molecule has 0 spiro atoms. The molecule has 22 heavy (non-hydrogen) atoms. The minimum Gasteiger partial charge on any atom is -0.396 e. The molecule has 0 aliphatic rings. The number of aliphatic hydroxyl groups excluding tert-OH is 4. The molecule has 0 aliphatic heterocycles. The summed E-state index contributed by atoms with van der Waals surface area (Å²) in [6, 6.07) is 0. The molecule has 0 radical (unpaired) electrons. The Morgan fingerprint density at radius 3 is 1.41 bits per heavy atom. The average molecular weight is 318 g/mol. The smallest absolute Gasteiger partial charge is 0.0569 e. The van der Waals surface area contributed by atoms with Crippen molar-refractivity contribution in [1.82, 2.24) is 0 Å². The van der Waals surface area contributed by atoms with Gasteiger partial charge >= 0.3 is 0 Å². The van der Waals surface area contributed by atoms with E-state index >= 15 is 0 Å². The summed E-state index contributed by atoms with van der Waals surface area (Å²) in [4.78, 5) is 0. The van der Waals surface area contributed by atoms with Gasteiger partial charge in [0.05, 0.1) is 6.10 Å². The van der Waals surface area contributed by atoms with Gasteiger partial charge in [0.2, 0.25) is 0 Å². The largest absolute Gasteiger partial charge is 0.396 e. The number of unbranched alkanes of at least 4 members (excludes halogenated alkanes) is 8. The minimum atomic E-state index is -0.289. The Balaban J connectivity index is 3.70. The molecule has 134 valence electrons. The van der Waals surface area contributed by atoms with Gasteiger partial charge < -0.3 is 20.4 Å². The normalized spacial score (nSPS) is 14.2. The summed E-state index contributed by atoms with van der Waals surface area (Å²) in [5, 5.41) is 36.9. The lowest BCUT2D eigenvalue weighted by molar-refractivity contribution is 0.0730. The van der Waals surface area contributed by atoms with Gasteiger partial charge in [0.1, 0.15) is 0 Å². The molecular weight excluding hydrogens is 280 g/mol. The fraction of sp³-hybridized carbons (Fsp3) is 1.00. The molecule has 0 aromatic rings. The highest BCUT2D eigenvalue weighted by molar-refractivity contribution is 4.69. The molecule has 0 aromatic carbocycles. The van der Waals surface area contributed by atoms with E-state index in [-0.39, 0.29) is 31.8 Å². The first-order valence-electron chi connectivity index (χ1n) is 9.26. The van der Waals surface area contributed by atoms with Gasteiger partial charge in [-0.3, -0.25) is 0 Å². The topological polar surface area (TPSA) is 80.9 Å². The van der Waals surface area contributed by atoms with Gasteiger partial charge in [-0.15, -0.1) is 0 Å². The third-order valence-corrected chi connectivity index (χ3v) is 4.44. The van der Waals surface area contributed by atoms with Crippen LogP contribution in [0.25, 0.3) is 0 Å². The van der Waals surface area contributed by atoms with Crippen molar-refractivity contribution in [3.8, 4) is 0 Å². The van der Waals surface area contributed by atoms with E-state index in [4.69, 9.17) is 15.3 Å². The maximum atomic E-state index is 10.3. The lowest BCUT2D eigenvalue weighted by atomic mass is 9.89. The second-order valence-corrected chi connectivity index (χ2v) is 6.40. The Kier molecular flexibility index (Phi) is 17.1. The van der Waals surface area contributed by atoms with Crippen molar-refractivity contribution in [3.05, 3.63) is 0 Å². The molecule has 0 saturated carbocycles. The second kappa shape index (κ2) is 17.2. The van der Waals surface area contributed by atoms with E-state index in [1.807, 2.05) is 0 Å².